The molecule has 1 nitrogen and oxygen atoms in total. The van der Waals surface area contributed by atoms with Crippen molar-refractivity contribution in [2.75, 3.05) is 0 Å². The van der Waals surface area contributed by atoms with Crippen molar-refractivity contribution in [1.82, 2.24) is 0 Å². The van der Waals surface area contributed by atoms with E-state index in [-0.39, 0.29) is 0 Å². The number of hydrogen-bond donors (Lipinski definition) is 0. The summed E-state index contributed by atoms with van der Waals surface area (Å²) in [6.45, 7) is 0. The van der Waals surface area contributed by atoms with Crippen LogP contribution in [0.3, 0.4) is 0 Å². The summed E-state index contributed by atoms with van der Waals surface area (Å²) in [5, 5.41) is 0. The number of carbonyl (C=O) groups is 1. The Morgan fingerprint density at radius 3 is 3.17 bits per heavy atom. The van der Waals surface area contributed by atoms with E-state index in [0.29, 0.717) is 17.6 Å². The Hall–Kier alpha value is -0.590. The Bertz CT molecular complexity index is 254. The molecule has 0 aliphatic heterocycles. The summed E-state index contributed by atoms with van der Waals surface area (Å²) < 4.78 is 0. The molecule has 0 aromatic carbocycles. The van der Waals surface area contributed by atoms with Gasteiger partial charge in [0.15, 0.2) is 0 Å². The molecule has 0 heterocycles. The molecule has 0 spiro atoms. The quantitative estimate of drug-likeness (QED) is 0.499. The minimum Gasteiger partial charge on any atom is -0.299 e. The predicted octanol–water partition coefficient (Wildman–Crippen LogP) is 2.18. The van der Waals surface area contributed by atoms with Gasteiger partial charge >= 0.3 is 0 Å². The first-order valence-electron chi connectivity index (χ1n) is 5.06. The van der Waals surface area contributed by atoms with Gasteiger partial charge in [0, 0.05) is 11.8 Å². The Labute approximate surface area is 72.8 Å². The van der Waals surface area contributed by atoms with Crippen LogP contribution in [-0.2, 0) is 4.79 Å². The minimum absolute atomic E-state index is 0.404. The van der Waals surface area contributed by atoms with Gasteiger partial charge in [-0.1, -0.05) is 12.2 Å². The van der Waals surface area contributed by atoms with Crippen molar-refractivity contribution in [1.29, 1.82) is 0 Å². The Balaban J connectivity index is 2.04. The van der Waals surface area contributed by atoms with E-state index in [1.807, 2.05) is 0 Å². The van der Waals surface area contributed by atoms with Gasteiger partial charge < -0.3 is 0 Å². The lowest BCUT2D eigenvalue weighted by molar-refractivity contribution is -0.124. The highest BCUT2D eigenvalue weighted by Crippen LogP contribution is 2.50. The van der Waals surface area contributed by atoms with Crippen molar-refractivity contribution in [3.8, 4) is 0 Å². The monoisotopic (exact) mass is 162 g/mol. The van der Waals surface area contributed by atoms with Crippen LogP contribution in [0, 0.1) is 23.7 Å². The van der Waals surface area contributed by atoms with Gasteiger partial charge in [-0.3, -0.25) is 4.79 Å². The summed E-state index contributed by atoms with van der Waals surface area (Å²) in [6, 6.07) is 0. The molecule has 3 aliphatic rings. The molecule has 0 N–H and O–H groups in total. The fraction of sp³-hybridized carbons (Fsp3) is 0.727. The molecular weight excluding hydrogens is 148 g/mol. The van der Waals surface area contributed by atoms with Crippen molar-refractivity contribution in [2.24, 2.45) is 23.7 Å². The van der Waals surface area contributed by atoms with Crippen LogP contribution >= 0.6 is 0 Å². The Morgan fingerprint density at radius 1 is 1.33 bits per heavy atom. The van der Waals surface area contributed by atoms with Crippen LogP contribution in [0.1, 0.15) is 25.7 Å². The molecule has 0 radical (unpaired) electrons. The van der Waals surface area contributed by atoms with E-state index in [2.05, 4.69) is 12.2 Å². The third-order valence-corrected chi connectivity index (χ3v) is 4.01. The van der Waals surface area contributed by atoms with Gasteiger partial charge in [-0.15, -0.1) is 0 Å². The number of carbonyl (C=O) groups excluding carboxylic acids is 1. The van der Waals surface area contributed by atoms with Crippen LogP contribution in [0.15, 0.2) is 12.2 Å². The van der Waals surface area contributed by atoms with E-state index in [4.69, 9.17) is 0 Å². The lowest BCUT2D eigenvalue weighted by atomic mass is 9.92. The first-order chi connectivity index (χ1) is 5.86. The molecule has 2 fully saturated rings. The van der Waals surface area contributed by atoms with E-state index in [0.717, 1.165) is 18.3 Å². The highest BCUT2D eigenvalue weighted by atomic mass is 16.1. The third-order valence-electron chi connectivity index (χ3n) is 4.01. The first-order valence-corrected chi connectivity index (χ1v) is 5.06. The van der Waals surface area contributed by atoms with E-state index in [1.54, 1.807) is 0 Å². The summed E-state index contributed by atoms with van der Waals surface area (Å²) >= 11 is 0. The van der Waals surface area contributed by atoms with Crippen molar-refractivity contribution < 1.29 is 4.79 Å². The predicted molar refractivity (Wildman–Crippen MR) is 46.6 cm³/mol. The summed E-state index contributed by atoms with van der Waals surface area (Å²) in [5.41, 5.74) is 0. The standard InChI is InChI=1S/C11H14O/c12-11-8-3-1-2-7-4-5-9(11)10(7)6-8/h1-2,7-10H,3-6H2/t7-,8+,9?,10-/m1/s1. The van der Waals surface area contributed by atoms with Crippen molar-refractivity contribution in [2.45, 2.75) is 25.7 Å². The Kier molecular flexibility index (Phi) is 1.27. The number of Topliss-reactive ketones (excluding diaryl/α,β-unsaturated/α-hetero) is 1. The maximum Gasteiger partial charge on any atom is 0.139 e. The van der Waals surface area contributed by atoms with Gasteiger partial charge in [0.1, 0.15) is 5.78 Å². The van der Waals surface area contributed by atoms with Crippen LogP contribution < -0.4 is 0 Å². The SMILES string of the molecule is O=C1C2CC[C@H]3C=CC[C@H]1C[C@@H]23. The lowest BCUT2D eigenvalue weighted by Gasteiger charge is -2.12. The molecule has 0 aromatic rings. The second-order valence-electron chi connectivity index (χ2n) is 4.51. The van der Waals surface area contributed by atoms with Crippen LogP contribution in [0.4, 0.5) is 0 Å². The molecule has 1 heteroatoms. The van der Waals surface area contributed by atoms with E-state index in [1.165, 1.54) is 19.3 Å². The average molecular weight is 162 g/mol. The fourth-order valence-electron chi connectivity index (χ4n) is 3.41. The molecule has 64 valence electrons. The van der Waals surface area contributed by atoms with Gasteiger partial charge in [0.05, 0.1) is 0 Å². The van der Waals surface area contributed by atoms with Crippen molar-refractivity contribution in [3.05, 3.63) is 12.2 Å². The fourth-order valence-corrected chi connectivity index (χ4v) is 3.41. The highest BCUT2D eigenvalue weighted by Gasteiger charge is 2.48. The van der Waals surface area contributed by atoms with E-state index < -0.39 is 0 Å². The number of hydrogen-bond acceptors (Lipinski definition) is 1. The summed E-state index contributed by atoms with van der Waals surface area (Å²) in [5.74, 6) is 2.95. The van der Waals surface area contributed by atoms with Gasteiger partial charge in [0.25, 0.3) is 0 Å². The molecule has 0 amide bonds. The molecule has 0 saturated heterocycles. The number of allylic oxidation sites excluding steroid dienone is 2. The van der Waals surface area contributed by atoms with Crippen LogP contribution in [0.25, 0.3) is 0 Å². The third kappa shape index (κ3) is 0.720. The van der Waals surface area contributed by atoms with Crippen LogP contribution in [0.5, 0.6) is 0 Å². The number of ketones is 1. The molecule has 2 bridgehead atoms. The molecule has 0 aromatic heterocycles. The number of fused-ring (bicyclic) bond motifs is 1. The largest absolute Gasteiger partial charge is 0.299 e. The smallest absolute Gasteiger partial charge is 0.139 e. The second kappa shape index (κ2) is 2.21. The molecule has 3 aliphatic carbocycles. The zero-order chi connectivity index (χ0) is 8.13. The van der Waals surface area contributed by atoms with Gasteiger partial charge in [-0.25, -0.2) is 0 Å². The molecule has 3 rings (SSSR count). The van der Waals surface area contributed by atoms with E-state index >= 15 is 0 Å². The highest BCUT2D eigenvalue weighted by molar-refractivity contribution is 5.86. The van der Waals surface area contributed by atoms with Crippen LogP contribution in [0.2, 0.25) is 0 Å². The van der Waals surface area contributed by atoms with Crippen molar-refractivity contribution >= 4 is 5.78 Å². The van der Waals surface area contributed by atoms with Crippen molar-refractivity contribution in [3.63, 3.8) is 0 Å². The summed E-state index contributed by atoms with van der Waals surface area (Å²) in [7, 11) is 0. The molecular formula is C11H14O. The van der Waals surface area contributed by atoms with Gasteiger partial charge in [0.2, 0.25) is 0 Å². The number of rotatable bonds is 0. The molecule has 4 atom stereocenters. The van der Waals surface area contributed by atoms with Crippen LogP contribution in [-0.4, -0.2) is 5.78 Å². The molecule has 12 heavy (non-hydrogen) atoms. The zero-order valence-corrected chi connectivity index (χ0v) is 7.20. The molecule has 1 unspecified atom stereocenters. The maximum atomic E-state index is 11.8. The van der Waals surface area contributed by atoms with Gasteiger partial charge in [-0.2, -0.15) is 0 Å². The Morgan fingerprint density at radius 2 is 2.25 bits per heavy atom. The second-order valence-corrected chi connectivity index (χ2v) is 4.51. The summed E-state index contributed by atoms with van der Waals surface area (Å²) in [6.07, 6.45) is 9.29. The van der Waals surface area contributed by atoms with Gasteiger partial charge in [-0.05, 0) is 37.5 Å². The molecule has 2 saturated carbocycles. The normalized spacial score (nSPS) is 49.8. The maximum absolute atomic E-state index is 11.8. The zero-order valence-electron chi connectivity index (χ0n) is 7.20. The minimum atomic E-state index is 0.404. The first kappa shape index (κ1) is 6.88. The van der Waals surface area contributed by atoms with E-state index in [9.17, 15) is 4.79 Å². The lowest BCUT2D eigenvalue weighted by Crippen LogP contribution is -2.14. The average Bonchev–Trinajstić information content (AvgIpc) is 2.51. The summed E-state index contributed by atoms with van der Waals surface area (Å²) in [4.78, 5) is 11.8. The topological polar surface area (TPSA) is 17.1 Å².